The number of hydrogen-bond donors (Lipinski definition) is 2. The quantitative estimate of drug-likeness (QED) is 0.380. The van der Waals surface area contributed by atoms with Gasteiger partial charge in [0.25, 0.3) is 10.0 Å². The molecule has 0 saturated carbocycles. The average molecular weight is 492 g/mol. The summed E-state index contributed by atoms with van der Waals surface area (Å²) in [6, 6.07) is 7.15. The Balaban J connectivity index is 1.80. The molecule has 176 valence electrons. The van der Waals surface area contributed by atoms with Crippen LogP contribution in [0.5, 0.6) is 0 Å². The van der Waals surface area contributed by atoms with Crippen LogP contribution in [0.25, 0.3) is 22.5 Å². The Morgan fingerprint density at radius 1 is 1.06 bits per heavy atom. The summed E-state index contributed by atoms with van der Waals surface area (Å²) in [5.74, 6) is -3.29. The van der Waals surface area contributed by atoms with Crippen molar-refractivity contribution in [3.05, 3.63) is 72.3 Å². The Kier molecular flexibility index (Phi) is 6.20. The van der Waals surface area contributed by atoms with Crippen molar-refractivity contribution in [2.24, 2.45) is 0 Å². The number of nitrogen functional groups attached to an aromatic ring is 1. The van der Waals surface area contributed by atoms with Crippen LogP contribution in [0.2, 0.25) is 0 Å². The molecule has 2 heterocycles. The van der Waals surface area contributed by atoms with Crippen molar-refractivity contribution in [1.29, 1.82) is 0 Å². The predicted molar refractivity (Wildman–Crippen MR) is 116 cm³/mol. The zero-order chi connectivity index (χ0) is 24.5. The molecule has 0 spiro atoms. The summed E-state index contributed by atoms with van der Waals surface area (Å²) in [4.78, 5) is 6.89. The molecular formula is C21H16F4N6O2S. The molecule has 0 aliphatic carbocycles. The summed E-state index contributed by atoms with van der Waals surface area (Å²) in [5, 5.41) is 4.21. The Hall–Kier alpha value is -4.00. The lowest BCUT2D eigenvalue weighted by molar-refractivity contribution is 0.427. The van der Waals surface area contributed by atoms with E-state index in [0.29, 0.717) is 12.1 Å². The van der Waals surface area contributed by atoms with Crippen LogP contribution in [0.15, 0.2) is 59.8 Å². The first-order valence-corrected chi connectivity index (χ1v) is 11.2. The maximum absolute atomic E-state index is 15.5. The summed E-state index contributed by atoms with van der Waals surface area (Å²) in [5.41, 5.74) is 5.55. The summed E-state index contributed by atoms with van der Waals surface area (Å²) in [6.07, 6.45) is 2.82. The minimum atomic E-state index is -4.68. The Labute approximate surface area is 191 Å². The Bertz CT molecular complexity index is 1480. The number of benzene rings is 2. The van der Waals surface area contributed by atoms with E-state index < -0.39 is 44.7 Å². The highest BCUT2D eigenvalue weighted by Gasteiger charge is 2.24. The Morgan fingerprint density at radius 2 is 1.85 bits per heavy atom. The van der Waals surface area contributed by atoms with Gasteiger partial charge < -0.3 is 5.73 Å². The lowest BCUT2D eigenvalue weighted by Gasteiger charge is -2.12. The van der Waals surface area contributed by atoms with Crippen LogP contribution in [0, 0.1) is 17.5 Å². The van der Waals surface area contributed by atoms with Crippen LogP contribution in [0.4, 0.5) is 29.2 Å². The number of nitrogens with one attached hydrogen (secondary N) is 1. The highest BCUT2D eigenvalue weighted by atomic mass is 32.2. The number of sulfonamides is 1. The van der Waals surface area contributed by atoms with Gasteiger partial charge in [-0.25, -0.2) is 35.9 Å². The molecule has 34 heavy (non-hydrogen) atoms. The largest absolute Gasteiger partial charge is 0.368 e. The maximum atomic E-state index is 15.5. The van der Waals surface area contributed by atoms with Gasteiger partial charge in [-0.05, 0) is 36.4 Å². The molecule has 8 nitrogen and oxygen atoms in total. The highest BCUT2D eigenvalue weighted by molar-refractivity contribution is 7.92. The van der Waals surface area contributed by atoms with Crippen LogP contribution in [-0.2, 0) is 16.6 Å². The van der Waals surface area contributed by atoms with Crippen molar-refractivity contribution < 1.29 is 26.0 Å². The molecule has 0 fully saturated rings. The monoisotopic (exact) mass is 492 g/mol. The fourth-order valence-corrected chi connectivity index (χ4v) is 4.36. The zero-order valence-corrected chi connectivity index (χ0v) is 18.0. The van der Waals surface area contributed by atoms with Crippen molar-refractivity contribution in [3.63, 3.8) is 0 Å². The molecular weight excluding hydrogens is 476 g/mol. The number of rotatable bonds is 7. The van der Waals surface area contributed by atoms with Crippen LogP contribution in [0.3, 0.4) is 0 Å². The van der Waals surface area contributed by atoms with E-state index in [1.165, 1.54) is 35.3 Å². The molecule has 4 aromatic rings. The lowest BCUT2D eigenvalue weighted by atomic mass is 10.0. The molecule has 0 unspecified atom stereocenters. The summed E-state index contributed by atoms with van der Waals surface area (Å²) in [7, 11) is -4.68. The molecule has 0 aliphatic rings. The third-order valence-corrected chi connectivity index (χ3v) is 6.09. The number of nitrogens with two attached hydrogens (primary N) is 1. The van der Waals surface area contributed by atoms with Crippen molar-refractivity contribution in [1.82, 2.24) is 19.7 Å². The predicted octanol–water partition coefficient (Wildman–Crippen LogP) is 3.78. The maximum Gasteiger partial charge on any atom is 0.265 e. The molecule has 3 N–H and O–H groups in total. The normalized spacial score (nSPS) is 11.5. The van der Waals surface area contributed by atoms with E-state index >= 15 is 4.39 Å². The minimum Gasteiger partial charge on any atom is -0.368 e. The standard InChI is InChI=1S/C21H16F4N6O2S/c22-7-9-31-11-14(16-6-8-27-21(26)28-16)20(29-31)13-2-1-3-17(19(13)25)30-34(32,33)18-10-12(23)4-5-15(18)24/h1-6,8,10-11,30H,7,9H2,(H2,26,27,28). The van der Waals surface area contributed by atoms with Gasteiger partial charge in [-0.3, -0.25) is 9.40 Å². The van der Waals surface area contributed by atoms with Crippen LogP contribution >= 0.6 is 0 Å². The third-order valence-electron chi connectivity index (χ3n) is 4.71. The lowest BCUT2D eigenvalue weighted by Crippen LogP contribution is -2.16. The van der Waals surface area contributed by atoms with Crippen molar-refractivity contribution >= 4 is 21.7 Å². The first kappa shape index (κ1) is 23.2. The number of alkyl halides is 1. The first-order chi connectivity index (χ1) is 16.2. The number of halogens is 4. The summed E-state index contributed by atoms with van der Waals surface area (Å²) in [6.45, 7) is -0.867. The minimum absolute atomic E-state index is 0.0297. The van der Waals surface area contributed by atoms with Crippen molar-refractivity contribution in [2.75, 3.05) is 17.1 Å². The van der Waals surface area contributed by atoms with Crippen LogP contribution in [-0.4, -0.2) is 34.8 Å². The van der Waals surface area contributed by atoms with Gasteiger partial charge in [0.15, 0.2) is 5.82 Å². The van der Waals surface area contributed by atoms with E-state index in [4.69, 9.17) is 5.73 Å². The molecule has 2 aromatic carbocycles. The summed E-state index contributed by atoms with van der Waals surface area (Å²) >= 11 is 0. The molecule has 0 amide bonds. The number of anilines is 2. The van der Waals surface area contributed by atoms with Gasteiger partial charge in [-0.1, -0.05) is 6.07 Å². The van der Waals surface area contributed by atoms with E-state index in [1.807, 2.05) is 4.72 Å². The van der Waals surface area contributed by atoms with Gasteiger partial charge in [0, 0.05) is 23.5 Å². The highest BCUT2D eigenvalue weighted by Crippen LogP contribution is 2.35. The molecule has 0 bridgehead atoms. The van der Waals surface area contributed by atoms with E-state index in [2.05, 4.69) is 15.1 Å². The van der Waals surface area contributed by atoms with E-state index in [9.17, 15) is 21.6 Å². The Morgan fingerprint density at radius 3 is 2.59 bits per heavy atom. The smallest absolute Gasteiger partial charge is 0.265 e. The number of hydrogen-bond acceptors (Lipinski definition) is 6. The van der Waals surface area contributed by atoms with Gasteiger partial charge in [0.1, 0.15) is 28.9 Å². The molecule has 2 aromatic heterocycles. The summed E-state index contributed by atoms with van der Waals surface area (Å²) < 4.78 is 84.3. The molecule has 0 saturated heterocycles. The van der Waals surface area contributed by atoms with Gasteiger partial charge in [-0.15, -0.1) is 0 Å². The second-order valence-electron chi connectivity index (χ2n) is 6.99. The number of nitrogens with zero attached hydrogens (tertiary/aromatic N) is 4. The zero-order valence-electron chi connectivity index (χ0n) is 17.2. The SMILES string of the molecule is Nc1nccc(-c2cn(CCF)nc2-c2cccc(NS(=O)(=O)c3cc(F)ccc3F)c2F)n1. The van der Waals surface area contributed by atoms with Gasteiger partial charge in [0.2, 0.25) is 5.95 Å². The molecule has 13 heteroatoms. The van der Waals surface area contributed by atoms with Crippen LogP contribution in [0.1, 0.15) is 0 Å². The van der Waals surface area contributed by atoms with E-state index in [0.717, 1.165) is 12.1 Å². The van der Waals surface area contributed by atoms with Crippen LogP contribution < -0.4 is 10.5 Å². The third kappa shape index (κ3) is 4.55. The number of aromatic nitrogens is 4. The van der Waals surface area contributed by atoms with Gasteiger partial charge in [0.05, 0.1) is 17.9 Å². The van der Waals surface area contributed by atoms with E-state index in [-0.39, 0.29) is 35.0 Å². The van der Waals surface area contributed by atoms with E-state index in [1.54, 1.807) is 0 Å². The second kappa shape index (κ2) is 9.09. The van der Waals surface area contributed by atoms with Crippen molar-refractivity contribution in [3.8, 4) is 22.5 Å². The number of aryl methyl sites for hydroxylation is 1. The molecule has 0 aliphatic heterocycles. The fourth-order valence-electron chi connectivity index (χ4n) is 3.21. The van der Waals surface area contributed by atoms with Crippen molar-refractivity contribution in [2.45, 2.75) is 11.4 Å². The molecule has 0 atom stereocenters. The first-order valence-electron chi connectivity index (χ1n) is 9.68. The molecule has 4 rings (SSSR count). The second-order valence-corrected chi connectivity index (χ2v) is 8.64. The average Bonchev–Trinajstić information content (AvgIpc) is 3.20. The van der Waals surface area contributed by atoms with Gasteiger partial charge >= 0.3 is 0 Å². The topological polar surface area (TPSA) is 116 Å². The molecule has 0 radical (unpaired) electrons. The van der Waals surface area contributed by atoms with Gasteiger partial charge in [-0.2, -0.15) is 5.10 Å². The fraction of sp³-hybridized carbons (Fsp3) is 0.0952.